The molecule has 150 valence electrons. The van der Waals surface area contributed by atoms with E-state index >= 15 is 0 Å². The first-order valence-corrected chi connectivity index (χ1v) is 9.12. The summed E-state index contributed by atoms with van der Waals surface area (Å²) in [6.07, 6.45) is 3.01. The lowest BCUT2D eigenvalue weighted by Gasteiger charge is -2.06. The maximum atomic E-state index is 13.0. The Labute approximate surface area is 169 Å². The first-order chi connectivity index (χ1) is 14.5. The smallest absolute Gasteiger partial charge is 0.272 e. The lowest BCUT2D eigenvalue weighted by Crippen LogP contribution is -2.46. The van der Waals surface area contributed by atoms with Gasteiger partial charge in [-0.05, 0) is 67.1 Å². The normalized spacial score (nSPS) is 12.3. The zero-order valence-corrected chi connectivity index (χ0v) is 15.9. The molecule has 2 aromatic heterocycles. The van der Waals surface area contributed by atoms with E-state index in [9.17, 15) is 14.0 Å². The van der Waals surface area contributed by atoms with Crippen molar-refractivity contribution < 1.29 is 13.5 Å². The Morgan fingerprint density at radius 1 is 0.867 bits per heavy atom. The maximum Gasteiger partial charge on any atom is 0.272 e. The summed E-state index contributed by atoms with van der Waals surface area (Å²) in [4.78, 5) is 29.9. The zero-order chi connectivity index (χ0) is 21.1. The quantitative estimate of drug-likeness (QED) is 0.547. The summed E-state index contributed by atoms with van der Waals surface area (Å²) in [5.74, 6) is 1.80. The molecule has 2 N–H and O–H groups in total. The molecular formula is C23H17FN2O4. The minimum Gasteiger partial charge on any atom is -0.462 e. The van der Waals surface area contributed by atoms with Crippen LogP contribution in [0.25, 0.3) is 12.2 Å². The van der Waals surface area contributed by atoms with Crippen molar-refractivity contribution in [3.63, 3.8) is 0 Å². The number of hydrogen-bond acceptors (Lipinski definition) is 4. The Morgan fingerprint density at radius 3 is 2.23 bits per heavy atom. The van der Waals surface area contributed by atoms with Crippen molar-refractivity contribution >= 4 is 12.2 Å². The molecule has 0 amide bonds. The number of aromatic amines is 2. The van der Waals surface area contributed by atoms with Crippen LogP contribution >= 0.6 is 0 Å². The third kappa shape index (κ3) is 4.47. The van der Waals surface area contributed by atoms with E-state index in [1.807, 2.05) is 0 Å². The molecule has 4 rings (SSSR count). The fourth-order valence-corrected chi connectivity index (χ4v) is 2.84. The van der Waals surface area contributed by atoms with Gasteiger partial charge in [0.05, 0.1) is 0 Å². The first kappa shape index (κ1) is 19.2. The minimum absolute atomic E-state index is 0.0971. The second-order valence-corrected chi connectivity index (χ2v) is 6.60. The van der Waals surface area contributed by atoms with Crippen molar-refractivity contribution in [3.05, 3.63) is 115 Å². The number of rotatable bonds is 4. The molecule has 0 fully saturated rings. The van der Waals surface area contributed by atoms with E-state index < -0.39 is 11.1 Å². The molecule has 0 saturated heterocycles. The van der Waals surface area contributed by atoms with Crippen LogP contribution in [0.3, 0.4) is 0 Å². The van der Waals surface area contributed by atoms with Gasteiger partial charge in [0.2, 0.25) is 0 Å². The lowest BCUT2D eigenvalue weighted by atomic mass is 10.2. The predicted octanol–water partition coefficient (Wildman–Crippen LogP) is 2.55. The van der Waals surface area contributed by atoms with Crippen LogP contribution in [0.1, 0.15) is 17.1 Å². The van der Waals surface area contributed by atoms with Crippen LogP contribution in [0.4, 0.5) is 4.39 Å². The molecule has 0 saturated carbocycles. The maximum absolute atomic E-state index is 13.0. The SMILES string of the molecule is Cc1ccc(/C=c2\[nH]c(=O)/c(=C/c3cccc(Oc4ccc(F)cc4)c3)[nH]c2=O)o1. The van der Waals surface area contributed by atoms with Gasteiger partial charge in [0.25, 0.3) is 11.1 Å². The Bertz CT molecular complexity index is 1430. The van der Waals surface area contributed by atoms with Gasteiger partial charge in [-0.3, -0.25) is 9.59 Å². The van der Waals surface area contributed by atoms with E-state index in [0.29, 0.717) is 28.6 Å². The highest BCUT2D eigenvalue weighted by Crippen LogP contribution is 2.22. The van der Waals surface area contributed by atoms with E-state index in [4.69, 9.17) is 9.15 Å². The molecule has 0 radical (unpaired) electrons. The van der Waals surface area contributed by atoms with Crippen LogP contribution in [0, 0.1) is 12.7 Å². The number of halogens is 1. The molecule has 0 aliphatic rings. The number of nitrogens with one attached hydrogen (secondary N) is 2. The fourth-order valence-electron chi connectivity index (χ4n) is 2.84. The van der Waals surface area contributed by atoms with Gasteiger partial charge in [-0.25, -0.2) is 4.39 Å². The molecule has 7 heteroatoms. The van der Waals surface area contributed by atoms with Crippen molar-refractivity contribution in [3.8, 4) is 11.5 Å². The second-order valence-electron chi connectivity index (χ2n) is 6.60. The third-order valence-corrected chi connectivity index (χ3v) is 4.25. The Morgan fingerprint density at radius 2 is 1.57 bits per heavy atom. The summed E-state index contributed by atoms with van der Waals surface area (Å²) in [5.41, 5.74) is -0.253. The highest BCUT2D eigenvalue weighted by molar-refractivity contribution is 5.51. The molecule has 0 unspecified atom stereocenters. The topological polar surface area (TPSA) is 88.1 Å². The molecule has 0 atom stereocenters. The summed E-state index contributed by atoms with van der Waals surface area (Å²) >= 11 is 0. The standard InChI is InChI=1S/C23H17FN2O4/c1-14-5-8-19(29-14)13-21-23(28)25-20(22(27)26-21)12-15-3-2-4-18(11-15)30-17-9-6-16(24)7-10-17/h2-13H,1H3,(H,25,28)(H,26,27)/b20-12-,21-13-. The second kappa shape index (κ2) is 8.08. The molecule has 0 aliphatic heterocycles. The van der Waals surface area contributed by atoms with Gasteiger partial charge in [0.15, 0.2) is 0 Å². The van der Waals surface area contributed by atoms with Gasteiger partial charge in [-0.1, -0.05) is 12.1 Å². The van der Waals surface area contributed by atoms with Gasteiger partial charge in [0, 0.05) is 6.08 Å². The van der Waals surface area contributed by atoms with Crippen LogP contribution in [-0.2, 0) is 0 Å². The van der Waals surface area contributed by atoms with Gasteiger partial charge >= 0.3 is 0 Å². The first-order valence-electron chi connectivity index (χ1n) is 9.12. The molecule has 0 bridgehead atoms. The molecule has 4 aromatic rings. The fraction of sp³-hybridized carbons (Fsp3) is 0.0435. The Balaban J connectivity index is 1.67. The average molecular weight is 404 g/mol. The van der Waals surface area contributed by atoms with Gasteiger partial charge in [-0.15, -0.1) is 0 Å². The van der Waals surface area contributed by atoms with Crippen LogP contribution in [-0.4, -0.2) is 9.97 Å². The van der Waals surface area contributed by atoms with Crippen molar-refractivity contribution in [1.29, 1.82) is 0 Å². The molecule has 0 spiro atoms. The number of hydrogen-bond donors (Lipinski definition) is 2. The van der Waals surface area contributed by atoms with E-state index in [1.54, 1.807) is 49.4 Å². The van der Waals surface area contributed by atoms with Gasteiger partial charge < -0.3 is 19.1 Å². The molecule has 2 aromatic carbocycles. The number of H-pyrrole nitrogens is 2. The number of ether oxygens (including phenoxy) is 1. The third-order valence-electron chi connectivity index (χ3n) is 4.25. The van der Waals surface area contributed by atoms with E-state index in [0.717, 1.165) is 0 Å². The molecular weight excluding hydrogens is 387 g/mol. The summed E-state index contributed by atoms with van der Waals surface area (Å²) in [5, 5.41) is 0.201. The number of aryl methyl sites for hydroxylation is 1. The predicted molar refractivity (Wildman–Crippen MR) is 110 cm³/mol. The summed E-state index contributed by atoms with van der Waals surface area (Å²) in [6, 6.07) is 16.1. The summed E-state index contributed by atoms with van der Waals surface area (Å²) < 4.78 is 24.1. The average Bonchev–Trinajstić information content (AvgIpc) is 3.13. The number of benzene rings is 2. The van der Waals surface area contributed by atoms with E-state index in [2.05, 4.69) is 9.97 Å². The highest BCUT2D eigenvalue weighted by atomic mass is 19.1. The van der Waals surface area contributed by atoms with Crippen LogP contribution < -0.4 is 26.6 Å². The summed E-state index contributed by atoms with van der Waals surface area (Å²) in [7, 11) is 0. The Hall–Kier alpha value is -4.13. The Kier molecular flexibility index (Phi) is 5.17. The van der Waals surface area contributed by atoms with E-state index in [1.165, 1.54) is 30.3 Å². The molecule has 0 aliphatic carbocycles. The minimum atomic E-state index is -0.450. The monoisotopic (exact) mass is 404 g/mol. The van der Waals surface area contributed by atoms with Crippen LogP contribution in [0.15, 0.2) is 74.7 Å². The zero-order valence-electron chi connectivity index (χ0n) is 15.9. The largest absolute Gasteiger partial charge is 0.462 e. The van der Waals surface area contributed by atoms with Gasteiger partial charge in [-0.2, -0.15) is 0 Å². The summed E-state index contributed by atoms with van der Waals surface area (Å²) in [6.45, 7) is 1.79. The van der Waals surface area contributed by atoms with Crippen molar-refractivity contribution in [2.75, 3.05) is 0 Å². The molecule has 30 heavy (non-hydrogen) atoms. The lowest BCUT2D eigenvalue weighted by molar-refractivity contribution is 0.480. The van der Waals surface area contributed by atoms with Gasteiger partial charge in [0.1, 0.15) is 39.5 Å². The number of furan rings is 1. The van der Waals surface area contributed by atoms with E-state index in [-0.39, 0.29) is 16.5 Å². The highest BCUT2D eigenvalue weighted by Gasteiger charge is 2.01. The van der Waals surface area contributed by atoms with Crippen LogP contribution in [0.2, 0.25) is 0 Å². The molecule has 6 nitrogen and oxygen atoms in total. The van der Waals surface area contributed by atoms with Crippen molar-refractivity contribution in [2.24, 2.45) is 0 Å². The molecule has 2 heterocycles. The van der Waals surface area contributed by atoms with Crippen molar-refractivity contribution in [2.45, 2.75) is 6.92 Å². The van der Waals surface area contributed by atoms with Crippen molar-refractivity contribution in [1.82, 2.24) is 9.97 Å². The van der Waals surface area contributed by atoms with Crippen LogP contribution in [0.5, 0.6) is 11.5 Å². The number of aromatic nitrogens is 2.